The van der Waals surface area contributed by atoms with Gasteiger partial charge in [0.1, 0.15) is 17.4 Å². The highest BCUT2D eigenvalue weighted by Crippen LogP contribution is 2.25. The molecular weight excluding hydrogens is 326 g/mol. The van der Waals surface area contributed by atoms with Crippen LogP contribution in [0.2, 0.25) is 0 Å². The molecule has 1 amide bonds. The molecule has 3 aromatic rings. The maximum absolute atomic E-state index is 12.4. The molecule has 0 spiro atoms. The summed E-state index contributed by atoms with van der Waals surface area (Å²) >= 11 is 0. The first-order chi connectivity index (χ1) is 12.7. The number of rotatable bonds is 5. The highest BCUT2D eigenvalue weighted by molar-refractivity contribution is 6.07. The number of nitrogens with zero attached hydrogens (tertiary/aromatic N) is 1. The number of carbonyl (C=O) groups is 1. The highest BCUT2D eigenvalue weighted by Gasteiger charge is 2.12. The molecule has 3 aromatic carbocycles. The van der Waals surface area contributed by atoms with Crippen LogP contribution in [0.5, 0.6) is 5.75 Å². The van der Waals surface area contributed by atoms with Gasteiger partial charge in [-0.15, -0.1) is 0 Å². The Morgan fingerprint density at radius 1 is 1.00 bits per heavy atom. The monoisotopic (exact) mass is 343 g/mol. The topological polar surface area (TPSA) is 74.1 Å². The number of benzene rings is 3. The fourth-order valence-electron chi connectivity index (χ4n) is 2.59. The number of hydrogen-bond acceptors (Lipinski definition) is 4. The first kappa shape index (κ1) is 17.1. The van der Waals surface area contributed by atoms with Gasteiger partial charge in [0.05, 0.1) is 12.8 Å². The Hall–Kier alpha value is -3.78. The van der Waals surface area contributed by atoms with Crippen LogP contribution < -0.4 is 15.4 Å². The Labute approximate surface area is 151 Å². The van der Waals surface area contributed by atoms with Crippen LogP contribution in [0, 0.1) is 11.3 Å². The van der Waals surface area contributed by atoms with Crippen molar-refractivity contribution >= 4 is 28.1 Å². The number of hydrogen-bond donors (Lipinski definition) is 2. The average Bonchev–Trinajstić information content (AvgIpc) is 2.69. The van der Waals surface area contributed by atoms with Crippen LogP contribution in [0.15, 0.2) is 78.5 Å². The lowest BCUT2D eigenvalue weighted by atomic mass is 10.1. The molecule has 0 atom stereocenters. The van der Waals surface area contributed by atoms with E-state index in [2.05, 4.69) is 10.6 Å². The van der Waals surface area contributed by atoms with Crippen LogP contribution in [-0.2, 0) is 4.79 Å². The molecule has 2 N–H and O–H groups in total. The molecule has 5 heteroatoms. The van der Waals surface area contributed by atoms with E-state index in [1.807, 2.05) is 48.5 Å². The number of anilines is 2. The van der Waals surface area contributed by atoms with Crippen LogP contribution in [0.1, 0.15) is 0 Å². The third kappa shape index (κ3) is 3.65. The van der Waals surface area contributed by atoms with Crippen LogP contribution >= 0.6 is 0 Å². The van der Waals surface area contributed by atoms with Crippen LogP contribution in [0.3, 0.4) is 0 Å². The number of amides is 1. The lowest BCUT2D eigenvalue weighted by Crippen LogP contribution is -2.15. The summed E-state index contributed by atoms with van der Waals surface area (Å²) in [6, 6.07) is 22.7. The van der Waals surface area contributed by atoms with Crippen molar-refractivity contribution in [2.24, 2.45) is 0 Å². The summed E-state index contributed by atoms with van der Waals surface area (Å²) in [5.41, 5.74) is 1.29. The van der Waals surface area contributed by atoms with Crippen molar-refractivity contribution in [3.8, 4) is 11.8 Å². The third-order valence-electron chi connectivity index (χ3n) is 3.88. The molecule has 0 bridgehead atoms. The van der Waals surface area contributed by atoms with E-state index in [0.29, 0.717) is 11.4 Å². The zero-order chi connectivity index (χ0) is 18.4. The van der Waals surface area contributed by atoms with E-state index in [1.165, 1.54) is 13.3 Å². The van der Waals surface area contributed by atoms with Crippen LogP contribution in [-0.4, -0.2) is 13.0 Å². The minimum absolute atomic E-state index is 0.0381. The number of ether oxygens (including phenoxy) is 1. The Kier molecular flexibility index (Phi) is 5.16. The molecule has 0 saturated heterocycles. The molecule has 0 radical (unpaired) electrons. The molecule has 0 heterocycles. The summed E-state index contributed by atoms with van der Waals surface area (Å²) in [4.78, 5) is 12.4. The summed E-state index contributed by atoms with van der Waals surface area (Å²) in [6.07, 6.45) is 1.41. The third-order valence-corrected chi connectivity index (χ3v) is 3.88. The molecule has 0 saturated carbocycles. The van der Waals surface area contributed by atoms with Gasteiger partial charge in [-0.2, -0.15) is 5.26 Å². The Morgan fingerprint density at radius 3 is 2.50 bits per heavy atom. The van der Waals surface area contributed by atoms with Crippen molar-refractivity contribution in [2.75, 3.05) is 17.7 Å². The number of fused-ring (bicyclic) bond motifs is 1. The van der Waals surface area contributed by atoms with Crippen molar-refractivity contribution < 1.29 is 9.53 Å². The predicted octanol–water partition coefficient (Wildman–Crippen LogP) is 4.31. The van der Waals surface area contributed by atoms with E-state index in [-0.39, 0.29) is 5.57 Å². The summed E-state index contributed by atoms with van der Waals surface area (Å²) in [5.74, 6) is 0.0184. The summed E-state index contributed by atoms with van der Waals surface area (Å²) in [7, 11) is 1.52. The van der Waals surface area contributed by atoms with Gasteiger partial charge in [-0.05, 0) is 23.6 Å². The Morgan fingerprint density at radius 2 is 1.69 bits per heavy atom. The molecule has 0 unspecified atom stereocenters. The molecule has 26 heavy (non-hydrogen) atoms. The molecular formula is C21H17N3O2. The first-order valence-corrected chi connectivity index (χ1v) is 8.02. The minimum atomic E-state index is -0.510. The van der Waals surface area contributed by atoms with Gasteiger partial charge in [-0.25, -0.2) is 0 Å². The van der Waals surface area contributed by atoms with E-state index in [9.17, 15) is 10.1 Å². The lowest BCUT2D eigenvalue weighted by molar-refractivity contribution is -0.112. The van der Waals surface area contributed by atoms with Gasteiger partial charge in [0.25, 0.3) is 5.91 Å². The van der Waals surface area contributed by atoms with Crippen molar-refractivity contribution in [2.45, 2.75) is 0 Å². The molecule has 0 aromatic heterocycles. The van der Waals surface area contributed by atoms with E-state index >= 15 is 0 Å². The van der Waals surface area contributed by atoms with Crippen molar-refractivity contribution in [1.29, 1.82) is 5.26 Å². The standard InChI is InChI=1S/C21H17N3O2/c1-26-20-12-5-4-10-19(20)24-21(25)16(13-22)14-23-18-11-6-8-15-7-2-3-9-17(15)18/h2-12,14,23H,1H3,(H,24,25)/b16-14-. The van der Waals surface area contributed by atoms with Gasteiger partial charge < -0.3 is 15.4 Å². The van der Waals surface area contributed by atoms with E-state index in [1.54, 1.807) is 24.3 Å². The smallest absolute Gasteiger partial charge is 0.267 e. The number of methoxy groups -OCH3 is 1. The maximum Gasteiger partial charge on any atom is 0.267 e. The SMILES string of the molecule is COc1ccccc1NC(=O)/C(C#N)=C\Nc1cccc2ccccc12. The zero-order valence-corrected chi connectivity index (χ0v) is 14.2. The number of nitrogens with one attached hydrogen (secondary N) is 2. The molecule has 128 valence electrons. The van der Waals surface area contributed by atoms with Gasteiger partial charge in [-0.1, -0.05) is 48.5 Å². The normalized spacial score (nSPS) is 10.8. The molecule has 0 aliphatic heterocycles. The Balaban J connectivity index is 1.82. The van der Waals surface area contributed by atoms with E-state index in [0.717, 1.165) is 16.5 Å². The summed E-state index contributed by atoms with van der Waals surface area (Å²) < 4.78 is 5.20. The first-order valence-electron chi connectivity index (χ1n) is 8.02. The molecule has 5 nitrogen and oxygen atoms in total. The Bertz CT molecular complexity index is 1010. The minimum Gasteiger partial charge on any atom is -0.495 e. The zero-order valence-electron chi connectivity index (χ0n) is 14.2. The molecule has 0 aliphatic carbocycles. The van der Waals surface area contributed by atoms with Crippen LogP contribution in [0.25, 0.3) is 10.8 Å². The second-order valence-electron chi connectivity index (χ2n) is 5.50. The van der Waals surface area contributed by atoms with Gasteiger partial charge in [-0.3, -0.25) is 4.79 Å². The largest absolute Gasteiger partial charge is 0.495 e. The molecule has 3 rings (SSSR count). The van der Waals surface area contributed by atoms with Gasteiger partial charge in [0.2, 0.25) is 0 Å². The van der Waals surface area contributed by atoms with Crippen molar-refractivity contribution in [3.63, 3.8) is 0 Å². The quantitative estimate of drug-likeness (QED) is 0.535. The van der Waals surface area contributed by atoms with E-state index in [4.69, 9.17) is 4.74 Å². The lowest BCUT2D eigenvalue weighted by Gasteiger charge is -2.10. The summed E-state index contributed by atoms with van der Waals surface area (Å²) in [6.45, 7) is 0. The second-order valence-corrected chi connectivity index (χ2v) is 5.50. The highest BCUT2D eigenvalue weighted by atomic mass is 16.5. The van der Waals surface area contributed by atoms with Crippen LogP contribution in [0.4, 0.5) is 11.4 Å². The number of para-hydroxylation sites is 2. The predicted molar refractivity (Wildman–Crippen MR) is 103 cm³/mol. The average molecular weight is 343 g/mol. The molecule has 0 fully saturated rings. The molecule has 0 aliphatic rings. The second kappa shape index (κ2) is 7.86. The fourth-order valence-corrected chi connectivity index (χ4v) is 2.59. The number of carbonyl (C=O) groups excluding carboxylic acids is 1. The van der Waals surface area contributed by atoms with Gasteiger partial charge in [0, 0.05) is 17.3 Å². The maximum atomic E-state index is 12.4. The van der Waals surface area contributed by atoms with Gasteiger partial charge >= 0.3 is 0 Å². The van der Waals surface area contributed by atoms with Gasteiger partial charge in [0.15, 0.2) is 0 Å². The van der Waals surface area contributed by atoms with E-state index < -0.39 is 5.91 Å². The van der Waals surface area contributed by atoms with Crippen molar-refractivity contribution in [1.82, 2.24) is 0 Å². The van der Waals surface area contributed by atoms with Crippen molar-refractivity contribution in [3.05, 3.63) is 78.5 Å². The fraction of sp³-hybridized carbons (Fsp3) is 0.0476. The summed E-state index contributed by atoms with van der Waals surface area (Å²) in [5, 5.41) is 17.2. The number of nitriles is 1.